The smallest absolute Gasteiger partial charge is 0.219 e. The van der Waals surface area contributed by atoms with Gasteiger partial charge in [0.1, 0.15) is 5.76 Å². The molecule has 2 atom stereocenters. The lowest BCUT2D eigenvalue weighted by Crippen LogP contribution is -2.47. The van der Waals surface area contributed by atoms with Crippen LogP contribution >= 0.6 is 0 Å². The Labute approximate surface area is 146 Å². The van der Waals surface area contributed by atoms with Crippen molar-refractivity contribution in [2.45, 2.75) is 72.4 Å². The highest BCUT2D eigenvalue weighted by atomic mass is 16.5. The van der Waals surface area contributed by atoms with Crippen molar-refractivity contribution in [1.29, 1.82) is 0 Å². The Morgan fingerprint density at radius 2 is 2.17 bits per heavy atom. The van der Waals surface area contributed by atoms with Gasteiger partial charge >= 0.3 is 0 Å². The molecule has 0 bridgehead atoms. The van der Waals surface area contributed by atoms with E-state index < -0.39 is 0 Å². The van der Waals surface area contributed by atoms with Crippen LogP contribution in [0.25, 0.3) is 0 Å². The van der Waals surface area contributed by atoms with Gasteiger partial charge in [0, 0.05) is 20.1 Å². The first-order valence-corrected chi connectivity index (χ1v) is 9.22. The lowest BCUT2D eigenvalue weighted by molar-refractivity contribution is -0.139. The molecule has 4 heteroatoms. The number of ether oxygens (including phenoxy) is 1. The van der Waals surface area contributed by atoms with Gasteiger partial charge in [-0.05, 0) is 56.1 Å². The van der Waals surface area contributed by atoms with E-state index >= 15 is 0 Å². The lowest BCUT2D eigenvalue weighted by Gasteiger charge is -2.49. The van der Waals surface area contributed by atoms with E-state index in [0.717, 1.165) is 44.6 Å². The molecule has 0 N–H and O–H groups in total. The maximum atomic E-state index is 12.1. The summed E-state index contributed by atoms with van der Waals surface area (Å²) in [6.45, 7) is 12.8. The molecule has 0 spiro atoms. The minimum Gasteiger partial charge on any atom is -0.467 e. The first-order chi connectivity index (χ1) is 11.3. The van der Waals surface area contributed by atoms with Gasteiger partial charge in [0.15, 0.2) is 0 Å². The van der Waals surface area contributed by atoms with Crippen molar-refractivity contribution in [3.63, 3.8) is 0 Å². The minimum atomic E-state index is -0.0371. The van der Waals surface area contributed by atoms with Crippen molar-refractivity contribution in [2.24, 2.45) is 11.3 Å². The van der Waals surface area contributed by atoms with E-state index in [1.807, 2.05) is 17.0 Å². The molecule has 1 aromatic rings. The molecule has 0 aliphatic carbocycles. The average molecular weight is 335 g/mol. The quantitative estimate of drug-likeness (QED) is 0.729. The number of nitrogens with zero attached hydrogens (tertiary/aromatic N) is 1. The van der Waals surface area contributed by atoms with E-state index in [4.69, 9.17) is 9.15 Å². The van der Waals surface area contributed by atoms with Crippen LogP contribution in [0.3, 0.4) is 0 Å². The number of furan rings is 1. The summed E-state index contributed by atoms with van der Waals surface area (Å²) in [6, 6.07) is 3.80. The fourth-order valence-corrected chi connectivity index (χ4v) is 3.90. The molecule has 24 heavy (non-hydrogen) atoms. The topological polar surface area (TPSA) is 42.7 Å². The van der Waals surface area contributed by atoms with Crippen LogP contribution in [0, 0.1) is 11.3 Å². The van der Waals surface area contributed by atoms with Crippen LogP contribution in [0.15, 0.2) is 22.8 Å². The first-order valence-electron chi connectivity index (χ1n) is 9.22. The minimum absolute atomic E-state index is 0.0371. The van der Waals surface area contributed by atoms with Crippen molar-refractivity contribution in [2.75, 3.05) is 13.2 Å². The second-order valence-electron chi connectivity index (χ2n) is 7.87. The summed E-state index contributed by atoms with van der Waals surface area (Å²) in [6.07, 6.45) is 5.86. The summed E-state index contributed by atoms with van der Waals surface area (Å²) in [5, 5.41) is 0. The Hall–Kier alpha value is -1.29. The van der Waals surface area contributed by atoms with Crippen molar-refractivity contribution in [3.05, 3.63) is 24.2 Å². The zero-order chi connectivity index (χ0) is 17.8. The summed E-state index contributed by atoms with van der Waals surface area (Å²) < 4.78 is 11.5. The molecule has 136 valence electrons. The van der Waals surface area contributed by atoms with Crippen LogP contribution < -0.4 is 0 Å². The molecule has 0 aromatic carbocycles. The predicted octanol–water partition coefficient (Wildman–Crippen LogP) is 4.64. The summed E-state index contributed by atoms with van der Waals surface area (Å²) >= 11 is 0. The highest BCUT2D eigenvalue weighted by Crippen LogP contribution is 2.48. The summed E-state index contributed by atoms with van der Waals surface area (Å²) in [5.74, 6) is 1.52. The Bertz CT molecular complexity index is 525. The molecule has 1 amide bonds. The van der Waals surface area contributed by atoms with Gasteiger partial charge in [0.25, 0.3) is 0 Å². The maximum Gasteiger partial charge on any atom is 0.219 e. The Morgan fingerprint density at radius 3 is 2.71 bits per heavy atom. The van der Waals surface area contributed by atoms with Gasteiger partial charge in [-0.1, -0.05) is 20.8 Å². The molecule has 1 aromatic heterocycles. The van der Waals surface area contributed by atoms with Gasteiger partial charge < -0.3 is 14.1 Å². The van der Waals surface area contributed by atoms with Gasteiger partial charge in [-0.25, -0.2) is 0 Å². The van der Waals surface area contributed by atoms with Crippen LogP contribution in [0.5, 0.6) is 0 Å². The fourth-order valence-electron chi connectivity index (χ4n) is 3.90. The SMILES string of the molecule is CC[C@]1(C)C[C@](CCN(Cc2ccco2)C(C)=O)(C(C)C)CCO1. The third-order valence-corrected chi connectivity index (χ3v) is 6.00. The van der Waals surface area contributed by atoms with Crippen LogP contribution in [-0.2, 0) is 16.1 Å². The summed E-state index contributed by atoms with van der Waals surface area (Å²) in [5.41, 5.74) is 0.199. The summed E-state index contributed by atoms with van der Waals surface area (Å²) in [7, 11) is 0. The average Bonchev–Trinajstić information content (AvgIpc) is 3.04. The number of carbonyl (C=O) groups is 1. The van der Waals surface area contributed by atoms with Crippen LogP contribution in [-0.4, -0.2) is 29.6 Å². The zero-order valence-electron chi connectivity index (χ0n) is 15.9. The standard InChI is InChI=1S/C20H33NO3/c1-6-19(5)15-20(16(2)3,10-13-24-19)9-11-21(17(4)22)14-18-8-7-12-23-18/h7-8,12,16H,6,9-11,13-15H2,1-5H3/t19-,20-/m1/s1. The Balaban J connectivity index is 2.07. The molecule has 0 saturated carbocycles. The Kier molecular flexibility index (Phi) is 6.13. The Morgan fingerprint density at radius 1 is 1.42 bits per heavy atom. The normalized spacial score (nSPS) is 27.4. The van der Waals surface area contributed by atoms with Crippen molar-refractivity contribution < 1.29 is 13.9 Å². The first kappa shape index (κ1) is 19.0. The van der Waals surface area contributed by atoms with E-state index in [1.54, 1.807) is 13.2 Å². The van der Waals surface area contributed by atoms with Gasteiger partial charge in [-0.2, -0.15) is 0 Å². The summed E-state index contributed by atoms with van der Waals surface area (Å²) in [4.78, 5) is 14.0. The van der Waals surface area contributed by atoms with Gasteiger partial charge in [0.2, 0.25) is 5.91 Å². The highest BCUT2D eigenvalue weighted by Gasteiger charge is 2.44. The highest BCUT2D eigenvalue weighted by molar-refractivity contribution is 5.73. The number of amides is 1. The second-order valence-corrected chi connectivity index (χ2v) is 7.87. The number of hydrogen-bond donors (Lipinski definition) is 0. The zero-order valence-corrected chi connectivity index (χ0v) is 15.9. The molecule has 2 heterocycles. The van der Waals surface area contributed by atoms with E-state index in [2.05, 4.69) is 27.7 Å². The van der Waals surface area contributed by atoms with E-state index in [9.17, 15) is 4.79 Å². The fraction of sp³-hybridized carbons (Fsp3) is 0.750. The molecular weight excluding hydrogens is 302 g/mol. The molecular formula is C20H33NO3. The van der Waals surface area contributed by atoms with Crippen LogP contribution in [0.1, 0.15) is 66.1 Å². The second kappa shape index (κ2) is 7.73. The van der Waals surface area contributed by atoms with Gasteiger partial charge in [-0.3, -0.25) is 4.79 Å². The number of hydrogen-bond acceptors (Lipinski definition) is 3. The van der Waals surface area contributed by atoms with E-state index in [0.29, 0.717) is 12.5 Å². The predicted molar refractivity (Wildman–Crippen MR) is 95.6 cm³/mol. The van der Waals surface area contributed by atoms with Crippen LogP contribution in [0.4, 0.5) is 0 Å². The lowest BCUT2D eigenvalue weighted by atomic mass is 9.64. The largest absolute Gasteiger partial charge is 0.467 e. The molecule has 0 unspecified atom stereocenters. The third-order valence-electron chi connectivity index (χ3n) is 6.00. The van der Waals surface area contributed by atoms with Gasteiger partial charge in [0.05, 0.1) is 18.4 Å². The van der Waals surface area contributed by atoms with Crippen LogP contribution in [0.2, 0.25) is 0 Å². The monoisotopic (exact) mass is 335 g/mol. The van der Waals surface area contributed by atoms with E-state index in [-0.39, 0.29) is 16.9 Å². The molecule has 1 aliphatic heterocycles. The van der Waals surface area contributed by atoms with Crippen molar-refractivity contribution in [1.82, 2.24) is 4.90 Å². The number of rotatable bonds is 7. The molecule has 1 saturated heterocycles. The molecule has 4 nitrogen and oxygen atoms in total. The van der Waals surface area contributed by atoms with Crippen molar-refractivity contribution in [3.8, 4) is 0 Å². The third kappa shape index (κ3) is 4.41. The molecule has 1 aliphatic rings. The molecule has 1 fully saturated rings. The maximum absolute atomic E-state index is 12.1. The molecule has 2 rings (SSSR count). The number of carbonyl (C=O) groups excluding carboxylic acids is 1. The van der Waals surface area contributed by atoms with E-state index in [1.165, 1.54) is 0 Å². The molecule has 0 radical (unpaired) electrons. The van der Waals surface area contributed by atoms with Crippen molar-refractivity contribution >= 4 is 5.91 Å². The van der Waals surface area contributed by atoms with Gasteiger partial charge in [-0.15, -0.1) is 0 Å².